The van der Waals surface area contributed by atoms with E-state index in [2.05, 4.69) is 36.5 Å². The molecule has 18 heavy (non-hydrogen) atoms. The highest BCUT2D eigenvalue weighted by Crippen LogP contribution is 2.32. The van der Waals surface area contributed by atoms with Gasteiger partial charge in [-0.15, -0.1) is 11.3 Å². The summed E-state index contributed by atoms with van der Waals surface area (Å²) in [4.78, 5) is 16.2. The van der Waals surface area contributed by atoms with Crippen LogP contribution in [0.25, 0.3) is 0 Å². The van der Waals surface area contributed by atoms with Crippen molar-refractivity contribution in [1.82, 2.24) is 10.3 Å². The van der Waals surface area contributed by atoms with Gasteiger partial charge in [0.2, 0.25) is 5.91 Å². The lowest BCUT2D eigenvalue weighted by atomic mass is 9.93. The van der Waals surface area contributed by atoms with Crippen LogP contribution < -0.4 is 11.1 Å². The number of amides is 1. The third-order valence-electron chi connectivity index (χ3n) is 3.19. The second-order valence-corrected chi connectivity index (χ2v) is 6.98. The van der Waals surface area contributed by atoms with Gasteiger partial charge in [-0.3, -0.25) is 4.79 Å². The predicted molar refractivity (Wildman–Crippen MR) is 73.7 cm³/mol. The van der Waals surface area contributed by atoms with E-state index >= 15 is 0 Å². The highest BCUT2D eigenvalue weighted by Gasteiger charge is 2.45. The Kier molecular flexibility index (Phi) is 3.47. The van der Waals surface area contributed by atoms with Crippen LogP contribution in [0.4, 0.5) is 0 Å². The van der Waals surface area contributed by atoms with E-state index in [1.807, 2.05) is 0 Å². The second-order valence-electron chi connectivity index (χ2n) is 6.04. The van der Waals surface area contributed by atoms with Crippen molar-refractivity contribution < 1.29 is 4.79 Å². The first-order valence-corrected chi connectivity index (χ1v) is 7.21. The van der Waals surface area contributed by atoms with Gasteiger partial charge >= 0.3 is 0 Å². The summed E-state index contributed by atoms with van der Waals surface area (Å²) in [6.07, 6.45) is 2.40. The fourth-order valence-corrected chi connectivity index (χ4v) is 2.62. The summed E-state index contributed by atoms with van der Waals surface area (Å²) in [5, 5.41) is 6.06. The van der Waals surface area contributed by atoms with Gasteiger partial charge in [0.1, 0.15) is 0 Å². The Morgan fingerprint density at radius 2 is 2.22 bits per heavy atom. The zero-order valence-corrected chi connectivity index (χ0v) is 12.1. The van der Waals surface area contributed by atoms with Crippen LogP contribution in [-0.2, 0) is 16.6 Å². The van der Waals surface area contributed by atoms with Crippen molar-refractivity contribution >= 4 is 17.2 Å². The van der Waals surface area contributed by atoms with E-state index < -0.39 is 5.54 Å². The van der Waals surface area contributed by atoms with Gasteiger partial charge in [-0.2, -0.15) is 0 Å². The van der Waals surface area contributed by atoms with Crippen LogP contribution in [0.15, 0.2) is 5.38 Å². The normalized spacial score (nSPS) is 17.6. The lowest BCUT2D eigenvalue weighted by molar-refractivity contribution is -0.123. The zero-order chi connectivity index (χ0) is 13.4. The quantitative estimate of drug-likeness (QED) is 0.870. The van der Waals surface area contributed by atoms with Crippen molar-refractivity contribution in [3.8, 4) is 0 Å². The van der Waals surface area contributed by atoms with Gasteiger partial charge in [-0.1, -0.05) is 20.8 Å². The van der Waals surface area contributed by atoms with Gasteiger partial charge in [0.25, 0.3) is 0 Å². The van der Waals surface area contributed by atoms with Crippen LogP contribution in [0.3, 0.4) is 0 Å². The Morgan fingerprint density at radius 3 is 2.72 bits per heavy atom. The van der Waals surface area contributed by atoms with Crippen LogP contribution in [0.1, 0.15) is 44.3 Å². The van der Waals surface area contributed by atoms with E-state index in [0.29, 0.717) is 6.54 Å². The summed E-state index contributed by atoms with van der Waals surface area (Å²) in [7, 11) is 0. The van der Waals surface area contributed by atoms with E-state index in [9.17, 15) is 4.79 Å². The molecule has 0 bridgehead atoms. The fraction of sp³-hybridized carbons (Fsp3) is 0.692. The van der Waals surface area contributed by atoms with E-state index in [0.717, 1.165) is 30.0 Å². The smallest absolute Gasteiger partial charge is 0.240 e. The predicted octanol–water partition coefficient (Wildman–Crippen LogP) is 1.59. The summed E-state index contributed by atoms with van der Waals surface area (Å²) in [5.41, 5.74) is 6.44. The summed E-state index contributed by atoms with van der Waals surface area (Å²) < 4.78 is 0. The molecule has 0 aliphatic heterocycles. The van der Waals surface area contributed by atoms with E-state index in [1.165, 1.54) is 0 Å². The Morgan fingerprint density at radius 1 is 1.56 bits per heavy atom. The Balaban J connectivity index is 1.80. The van der Waals surface area contributed by atoms with Crippen molar-refractivity contribution in [3.63, 3.8) is 0 Å². The van der Waals surface area contributed by atoms with Gasteiger partial charge in [0.15, 0.2) is 0 Å². The minimum atomic E-state index is -0.570. The SMILES string of the molecule is CC(C)(C)c1csc(CCNC(=O)C2(N)CC2)n1. The third-order valence-corrected chi connectivity index (χ3v) is 4.09. The topological polar surface area (TPSA) is 68.0 Å². The summed E-state index contributed by atoms with van der Waals surface area (Å²) in [5.74, 6) is -0.0184. The van der Waals surface area contributed by atoms with Crippen molar-refractivity contribution in [2.75, 3.05) is 6.54 Å². The standard InChI is InChI=1S/C13H21N3OS/c1-12(2,3)9-8-18-10(16-9)4-7-15-11(17)13(14)5-6-13/h8H,4-7,14H2,1-3H3,(H,15,17). The molecule has 0 saturated heterocycles. The molecule has 1 aromatic heterocycles. The number of rotatable bonds is 4. The molecule has 0 spiro atoms. The molecular weight excluding hydrogens is 246 g/mol. The number of thiazole rings is 1. The van der Waals surface area contributed by atoms with Crippen molar-refractivity contribution in [2.24, 2.45) is 5.73 Å². The number of nitrogens with zero attached hydrogens (tertiary/aromatic N) is 1. The number of hydrogen-bond donors (Lipinski definition) is 2. The molecule has 1 aliphatic rings. The molecule has 3 N–H and O–H groups in total. The minimum absolute atomic E-state index is 0.0184. The van der Waals surface area contributed by atoms with E-state index in [1.54, 1.807) is 11.3 Å². The molecule has 2 rings (SSSR count). The maximum Gasteiger partial charge on any atom is 0.240 e. The van der Waals surface area contributed by atoms with Crippen LogP contribution in [0.2, 0.25) is 0 Å². The molecular formula is C13H21N3OS. The van der Waals surface area contributed by atoms with Gasteiger partial charge in [0, 0.05) is 23.8 Å². The second kappa shape index (κ2) is 4.63. The van der Waals surface area contributed by atoms with E-state index in [4.69, 9.17) is 5.73 Å². The lowest BCUT2D eigenvalue weighted by Crippen LogP contribution is -2.43. The number of carbonyl (C=O) groups is 1. The van der Waals surface area contributed by atoms with Crippen LogP contribution >= 0.6 is 11.3 Å². The van der Waals surface area contributed by atoms with Crippen LogP contribution in [-0.4, -0.2) is 23.0 Å². The molecule has 1 fully saturated rings. The molecule has 0 unspecified atom stereocenters. The largest absolute Gasteiger partial charge is 0.354 e. The van der Waals surface area contributed by atoms with Crippen LogP contribution in [0.5, 0.6) is 0 Å². The maximum atomic E-state index is 11.6. The molecule has 1 aromatic rings. The van der Waals surface area contributed by atoms with E-state index in [-0.39, 0.29) is 11.3 Å². The molecule has 1 saturated carbocycles. The molecule has 1 amide bonds. The molecule has 0 aromatic carbocycles. The molecule has 4 nitrogen and oxygen atoms in total. The Hall–Kier alpha value is -0.940. The van der Waals surface area contributed by atoms with Gasteiger partial charge in [-0.05, 0) is 12.8 Å². The lowest BCUT2D eigenvalue weighted by Gasteiger charge is -2.14. The molecule has 1 heterocycles. The number of nitrogens with one attached hydrogen (secondary N) is 1. The number of hydrogen-bond acceptors (Lipinski definition) is 4. The first-order valence-electron chi connectivity index (χ1n) is 6.33. The van der Waals surface area contributed by atoms with Crippen LogP contribution in [0, 0.1) is 0 Å². The number of aromatic nitrogens is 1. The fourth-order valence-electron chi connectivity index (χ4n) is 1.59. The van der Waals surface area contributed by atoms with Crippen molar-refractivity contribution in [2.45, 2.75) is 51.0 Å². The van der Waals surface area contributed by atoms with Gasteiger partial charge in [0.05, 0.1) is 16.2 Å². The maximum absolute atomic E-state index is 11.6. The number of carbonyl (C=O) groups excluding carboxylic acids is 1. The molecule has 0 radical (unpaired) electrons. The average molecular weight is 267 g/mol. The third kappa shape index (κ3) is 3.09. The van der Waals surface area contributed by atoms with Gasteiger partial charge < -0.3 is 11.1 Å². The highest BCUT2D eigenvalue weighted by molar-refractivity contribution is 7.09. The monoisotopic (exact) mass is 267 g/mol. The highest BCUT2D eigenvalue weighted by atomic mass is 32.1. The zero-order valence-electron chi connectivity index (χ0n) is 11.2. The summed E-state index contributed by atoms with van der Waals surface area (Å²) in [6.45, 7) is 7.07. The molecule has 0 atom stereocenters. The summed E-state index contributed by atoms with van der Waals surface area (Å²) >= 11 is 1.66. The minimum Gasteiger partial charge on any atom is -0.354 e. The number of nitrogens with two attached hydrogens (primary N) is 1. The summed E-state index contributed by atoms with van der Waals surface area (Å²) in [6, 6.07) is 0. The molecule has 1 aliphatic carbocycles. The molecule has 100 valence electrons. The molecule has 5 heteroatoms. The Labute approximate surface area is 112 Å². The van der Waals surface area contributed by atoms with Gasteiger partial charge in [-0.25, -0.2) is 4.98 Å². The first-order chi connectivity index (χ1) is 8.31. The van der Waals surface area contributed by atoms with Crippen molar-refractivity contribution in [3.05, 3.63) is 16.1 Å². The Bertz CT molecular complexity index is 443. The van der Waals surface area contributed by atoms with Crippen molar-refractivity contribution in [1.29, 1.82) is 0 Å². The first kappa shape index (κ1) is 13.5. The average Bonchev–Trinajstić information content (AvgIpc) is 2.84.